The van der Waals surface area contributed by atoms with Crippen LogP contribution in [0.3, 0.4) is 0 Å². The Morgan fingerprint density at radius 3 is 2.62 bits per heavy atom. The SMILES string of the molecule is Cc1nocc1-c1ccc(NC2CCC(C)CC2)c(N)c1. The molecule has 4 nitrogen and oxygen atoms in total. The number of hydrogen-bond acceptors (Lipinski definition) is 4. The van der Waals surface area contributed by atoms with Gasteiger partial charge in [-0.05, 0) is 56.2 Å². The number of aromatic nitrogens is 1. The average molecular weight is 285 g/mol. The van der Waals surface area contributed by atoms with Crippen molar-refractivity contribution in [1.82, 2.24) is 5.16 Å². The third-order valence-electron chi connectivity index (χ3n) is 4.49. The van der Waals surface area contributed by atoms with E-state index >= 15 is 0 Å². The van der Waals surface area contributed by atoms with E-state index in [2.05, 4.69) is 29.5 Å². The molecule has 2 aromatic rings. The summed E-state index contributed by atoms with van der Waals surface area (Å²) in [6.07, 6.45) is 6.73. The van der Waals surface area contributed by atoms with Crippen molar-refractivity contribution in [2.75, 3.05) is 11.1 Å². The highest BCUT2D eigenvalue weighted by Crippen LogP contribution is 2.31. The number of nitrogens with two attached hydrogens (primary N) is 1. The second kappa shape index (κ2) is 5.80. The van der Waals surface area contributed by atoms with Gasteiger partial charge in [0.05, 0.1) is 17.1 Å². The van der Waals surface area contributed by atoms with Gasteiger partial charge in [-0.2, -0.15) is 0 Å². The zero-order valence-electron chi connectivity index (χ0n) is 12.7. The average Bonchev–Trinajstić information content (AvgIpc) is 2.90. The van der Waals surface area contributed by atoms with Crippen LogP contribution >= 0.6 is 0 Å². The van der Waals surface area contributed by atoms with E-state index in [1.165, 1.54) is 25.7 Å². The van der Waals surface area contributed by atoms with E-state index in [0.717, 1.165) is 34.1 Å². The standard InChI is InChI=1S/C17H23N3O/c1-11-3-6-14(7-4-11)19-17-8-5-13(9-16(17)18)15-10-21-20-12(15)2/h5,8-11,14,19H,3-4,6-7,18H2,1-2H3. The summed E-state index contributed by atoms with van der Waals surface area (Å²) in [6.45, 7) is 4.27. The maximum atomic E-state index is 6.21. The first-order chi connectivity index (χ1) is 10.1. The summed E-state index contributed by atoms with van der Waals surface area (Å²) in [4.78, 5) is 0. The van der Waals surface area contributed by atoms with Gasteiger partial charge in [0.15, 0.2) is 0 Å². The number of aryl methyl sites for hydroxylation is 1. The molecule has 0 radical (unpaired) electrons. The molecule has 1 aliphatic rings. The summed E-state index contributed by atoms with van der Waals surface area (Å²) in [7, 11) is 0. The lowest BCUT2D eigenvalue weighted by Gasteiger charge is -2.28. The third kappa shape index (κ3) is 3.04. The number of nitrogen functional groups attached to an aromatic ring is 1. The molecule has 21 heavy (non-hydrogen) atoms. The van der Waals surface area contributed by atoms with Crippen molar-refractivity contribution in [2.24, 2.45) is 5.92 Å². The van der Waals surface area contributed by atoms with Crippen LogP contribution in [0.25, 0.3) is 11.1 Å². The molecule has 0 saturated heterocycles. The molecule has 1 aliphatic carbocycles. The maximum absolute atomic E-state index is 6.21. The number of hydrogen-bond donors (Lipinski definition) is 2. The first-order valence-corrected chi connectivity index (χ1v) is 7.71. The van der Waals surface area contributed by atoms with Crippen LogP contribution < -0.4 is 11.1 Å². The van der Waals surface area contributed by atoms with E-state index in [0.29, 0.717) is 6.04 Å². The first-order valence-electron chi connectivity index (χ1n) is 7.71. The van der Waals surface area contributed by atoms with E-state index in [1.807, 2.05) is 13.0 Å². The van der Waals surface area contributed by atoms with E-state index in [4.69, 9.17) is 10.3 Å². The quantitative estimate of drug-likeness (QED) is 0.829. The van der Waals surface area contributed by atoms with Crippen LogP contribution in [-0.2, 0) is 0 Å². The summed E-state index contributed by atoms with van der Waals surface area (Å²) in [5.74, 6) is 0.860. The van der Waals surface area contributed by atoms with E-state index in [1.54, 1.807) is 6.26 Å². The lowest BCUT2D eigenvalue weighted by molar-refractivity contribution is 0.361. The van der Waals surface area contributed by atoms with E-state index < -0.39 is 0 Å². The number of rotatable bonds is 3. The molecule has 0 spiro atoms. The first kappa shape index (κ1) is 14.0. The maximum Gasteiger partial charge on any atom is 0.131 e. The summed E-state index contributed by atoms with van der Waals surface area (Å²) in [5.41, 5.74) is 11.0. The third-order valence-corrected chi connectivity index (χ3v) is 4.49. The topological polar surface area (TPSA) is 64.1 Å². The zero-order valence-corrected chi connectivity index (χ0v) is 12.7. The molecule has 1 heterocycles. The highest BCUT2D eigenvalue weighted by molar-refractivity contribution is 5.76. The second-order valence-corrected chi connectivity index (χ2v) is 6.22. The fourth-order valence-electron chi connectivity index (χ4n) is 3.06. The molecule has 0 bridgehead atoms. The minimum Gasteiger partial charge on any atom is -0.397 e. The van der Waals surface area contributed by atoms with Gasteiger partial charge < -0.3 is 15.6 Å². The molecule has 1 saturated carbocycles. The Balaban J connectivity index is 1.74. The Hall–Kier alpha value is -1.97. The molecule has 0 amide bonds. The zero-order chi connectivity index (χ0) is 14.8. The molecule has 1 fully saturated rings. The van der Waals surface area contributed by atoms with Gasteiger partial charge >= 0.3 is 0 Å². The van der Waals surface area contributed by atoms with Crippen LogP contribution in [0.1, 0.15) is 38.3 Å². The van der Waals surface area contributed by atoms with Crippen LogP contribution in [0.15, 0.2) is 29.0 Å². The normalized spacial score (nSPS) is 22.2. The van der Waals surface area contributed by atoms with Crippen LogP contribution in [0.5, 0.6) is 0 Å². The molecule has 0 atom stereocenters. The summed E-state index contributed by atoms with van der Waals surface area (Å²) in [5, 5.41) is 7.51. The Bertz CT molecular complexity index is 612. The molecule has 3 rings (SSSR count). The van der Waals surface area contributed by atoms with Crippen molar-refractivity contribution in [2.45, 2.75) is 45.6 Å². The molecule has 4 heteroatoms. The Kier molecular flexibility index (Phi) is 3.86. The predicted octanol–water partition coefficient (Wildman–Crippen LogP) is 4.22. The number of anilines is 2. The molecule has 3 N–H and O–H groups in total. The molecular formula is C17H23N3O. The minimum atomic E-state index is 0.548. The van der Waals surface area contributed by atoms with E-state index in [9.17, 15) is 0 Å². The Morgan fingerprint density at radius 2 is 2.00 bits per heavy atom. The van der Waals surface area contributed by atoms with Gasteiger partial charge in [0.1, 0.15) is 6.26 Å². The van der Waals surface area contributed by atoms with Gasteiger partial charge in [-0.1, -0.05) is 18.1 Å². The predicted molar refractivity (Wildman–Crippen MR) is 86.1 cm³/mol. The molecule has 112 valence electrons. The van der Waals surface area contributed by atoms with Crippen LogP contribution in [0, 0.1) is 12.8 Å². The van der Waals surface area contributed by atoms with Crippen molar-refractivity contribution in [3.05, 3.63) is 30.2 Å². The van der Waals surface area contributed by atoms with Gasteiger partial charge in [-0.15, -0.1) is 0 Å². The summed E-state index contributed by atoms with van der Waals surface area (Å²) >= 11 is 0. The smallest absolute Gasteiger partial charge is 0.131 e. The lowest BCUT2D eigenvalue weighted by Crippen LogP contribution is -2.25. The van der Waals surface area contributed by atoms with Gasteiger partial charge in [0.25, 0.3) is 0 Å². The van der Waals surface area contributed by atoms with E-state index in [-0.39, 0.29) is 0 Å². The summed E-state index contributed by atoms with van der Waals surface area (Å²) in [6, 6.07) is 6.68. The van der Waals surface area contributed by atoms with Gasteiger partial charge in [0, 0.05) is 11.6 Å². The summed E-state index contributed by atoms with van der Waals surface area (Å²) < 4.78 is 4.99. The van der Waals surface area contributed by atoms with Crippen molar-refractivity contribution < 1.29 is 4.52 Å². The number of nitrogens with zero attached hydrogens (tertiary/aromatic N) is 1. The van der Waals surface area contributed by atoms with Crippen molar-refractivity contribution in [3.8, 4) is 11.1 Å². The number of benzene rings is 1. The monoisotopic (exact) mass is 285 g/mol. The minimum absolute atomic E-state index is 0.548. The van der Waals surface area contributed by atoms with Crippen molar-refractivity contribution >= 4 is 11.4 Å². The van der Waals surface area contributed by atoms with Crippen LogP contribution in [0.4, 0.5) is 11.4 Å². The molecular weight excluding hydrogens is 262 g/mol. The molecule has 0 aliphatic heterocycles. The van der Waals surface area contributed by atoms with Crippen LogP contribution in [0.2, 0.25) is 0 Å². The fraction of sp³-hybridized carbons (Fsp3) is 0.471. The van der Waals surface area contributed by atoms with Crippen LogP contribution in [-0.4, -0.2) is 11.2 Å². The van der Waals surface area contributed by atoms with Crippen molar-refractivity contribution in [1.29, 1.82) is 0 Å². The van der Waals surface area contributed by atoms with Gasteiger partial charge in [0.2, 0.25) is 0 Å². The molecule has 1 aromatic heterocycles. The Labute approximate surface area is 125 Å². The van der Waals surface area contributed by atoms with Gasteiger partial charge in [-0.3, -0.25) is 0 Å². The molecule has 0 unspecified atom stereocenters. The number of nitrogens with one attached hydrogen (secondary N) is 1. The van der Waals surface area contributed by atoms with Gasteiger partial charge in [-0.25, -0.2) is 0 Å². The largest absolute Gasteiger partial charge is 0.397 e. The van der Waals surface area contributed by atoms with Crippen molar-refractivity contribution in [3.63, 3.8) is 0 Å². The second-order valence-electron chi connectivity index (χ2n) is 6.22. The molecule has 1 aromatic carbocycles. The lowest BCUT2D eigenvalue weighted by atomic mass is 9.87. The Morgan fingerprint density at radius 1 is 1.24 bits per heavy atom. The fourth-order valence-corrected chi connectivity index (χ4v) is 3.06. The highest BCUT2D eigenvalue weighted by atomic mass is 16.5. The highest BCUT2D eigenvalue weighted by Gasteiger charge is 2.18.